The van der Waals surface area contributed by atoms with E-state index in [0.717, 1.165) is 46.3 Å². The second kappa shape index (κ2) is 13.2. The summed E-state index contributed by atoms with van der Waals surface area (Å²) in [5.41, 5.74) is 7.86. The van der Waals surface area contributed by atoms with Gasteiger partial charge in [0.15, 0.2) is 11.5 Å². The second-order valence-corrected chi connectivity index (χ2v) is 13.9. The molecule has 1 atom stereocenters. The minimum Gasteiger partial charge on any atom is -0.339 e. The molecule has 1 unspecified atom stereocenters. The molecule has 13 heteroatoms. The highest BCUT2D eigenvalue weighted by atomic mass is 16.2. The lowest BCUT2D eigenvalue weighted by Crippen LogP contribution is -2.52. The lowest BCUT2D eigenvalue weighted by Gasteiger charge is -2.32. The monoisotopic (exact) mass is 697 g/mol. The van der Waals surface area contributed by atoms with E-state index in [-0.39, 0.29) is 30.7 Å². The molecule has 13 nitrogen and oxygen atoms in total. The van der Waals surface area contributed by atoms with Gasteiger partial charge >= 0.3 is 0 Å². The molecule has 2 saturated heterocycles. The molecule has 2 fully saturated rings. The Morgan fingerprint density at radius 1 is 0.923 bits per heavy atom. The molecule has 5 heterocycles. The summed E-state index contributed by atoms with van der Waals surface area (Å²) in [6.07, 6.45) is 3.96. The third-order valence-corrected chi connectivity index (χ3v) is 10.5. The number of nitrogens with zero attached hydrogens (tertiary/aromatic N) is 6. The predicted octanol–water partition coefficient (Wildman–Crippen LogP) is 5.25. The third kappa shape index (κ3) is 6.12. The van der Waals surface area contributed by atoms with Crippen molar-refractivity contribution in [2.75, 3.05) is 23.7 Å². The van der Waals surface area contributed by atoms with E-state index >= 15 is 0 Å². The quantitative estimate of drug-likeness (QED) is 0.194. The Balaban J connectivity index is 0.876. The summed E-state index contributed by atoms with van der Waals surface area (Å²) < 4.78 is 1.75. The van der Waals surface area contributed by atoms with Gasteiger partial charge in [0.25, 0.3) is 11.8 Å². The smallest absolute Gasteiger partial charge is 0.255 e. The van der Waals surface area contributed by atoms with Crippen LogP contribution in [0.15, 0.2) is 66.9 Å². The first-order valence-electron chi connectivity index (χ1n) is 17.6. The van der Waals surface area contributed by atoms with Crippen molar-refractivity contribution >= 4 is 57.8 Å². The molecular weight excluding hydrogens is 658 g/mol. The molecule has 4 amide bonds. The van der Waals surface area contributed by atoms with Crippen LogP contribution in [0.4, 0.5) is 23.1 Å². The molecule has 3 aliphatic heterocycles. The molecule has 52 heavy (non-hydrogen) atoms. The Hall–Kier alpha value is -6.11. The van der Waals surface area contributed by atoms with Gasteiger partial charge in [-0.05, 0) is 91.6 Å². The van der Waals surface area contributed by atoms with Gasteiger partial charge in [0.05, 0.1) is 5.39 Å². The van der Waals surface area contributed by atoms with Crippen molar-refractivity contribution in [3.05, 3.63) is 100 Å². The van der Waals surface area contributed by atoms with E-state index in [0.29, 0.717) is 54.0 Å². The van der Waals surface area contributed by atoms with E-state index in [9.17, 15) is 19.2 Å². The second-order valence-electron chi connectivity index (χ2n) is 13.9. The Kier molecular flexibility index (Phi) is 8.40. The van der Waals surface area contributed by atoms with Gasteiger partial charge in [-0.3, -0.25) is 24.5 Å². The van der Waals surface area contributed by atoms with E-state index in [1.54, 1.807) is 29.1 Å². The Morgan fingerprint density at radius 2 is 1.67 bits per heavy atom. The topological polar surface area (TPSA) is 154 Å². The lowest BCUT2D eigenvalue weighted by molar-refractivity contribution is -0.136. The average molecular weight is 698 g/mol. The van der Waals surface area contributed by atoms with Gasteiger partial charge in [-0.1, -0.05) is 30.3 Å². The highest BCUT2D eigenvalue weighted by molar-refractivity contribution is 6.06. The number of fused-ring (bicyclic) bond motifs is 2. The number of carbonyl (C=O) groups is 4. The van der Waals surface area contributed by atoms with Gasteiger partial charge in [-0.25, -0.2) is 9.67 Å². The zero-order chi connectivity index (χ0) is 36.1. The fourth-order valence-corrected chi connectivity index (χ4v) is 7.59. The normalized spacial score (nSPS) is 17.8. The first-order valence-corrected chi connectivity index (χ1v) is 17.6. The summed E-state index contributed by atoms with van der Waals surface area (Å²) in [4.78, 5) is 63.3. The maximum Gasteiger partial charge on any atom is 0.255 e. The van der Waals surface area contributed by atoms with Crippen molar-refractivity contribution in [1.82, 2.24) is 34.9 Å². The van der Waals surface area contributed by atoms with Gasteiger partial charge in [0, 0.05) is 61.8 Å². The number of likely N-dealkylation sites (tertiary alicyclic amines) is 1. The molecule has 2 aromatic heterocycles. The summed E-state index contributed by atoms with van der Waals surface area (Å²) in [6, 6.07) is 18.9. The number of aryl methyl sites for hydroxylation is 3. The summed E-state index contributed by atoms with van der Waals surface area (Å²) in [5.74, 6) is 0.431. The average Bonchev–Trinajstić information content (AvgIpc) is 3.64. The van der Waals surface area contributed by atoms with Crippen LogP contribution in [0, 0.1) is 13.8 Å². The van der Waals surface area contributed by atoms with E-state index in [1.807, 2.05) is 30.1 Å². The van der Waals surface area contributed by atoms with E-state index < -0.39 is 11.9 Å². The number of aromatic nitrogens is 4. The number of amides is 4. The van der Waals surface area contributed by atoms with Crippen LogP contribution in [0.1, 0.15) is 74.6 Å². The number of hydrogen-bond acceptors (Lipinski definition) is 9. The maximum atomic E-state index is 13.5. The highest BCUT2D eigenvalue weighted by Crippen LogP contribution is 2.33. The number of para-hydroxylation sites is 1. The van der Waals surface area contributed by atoms with E-state index in [2.05, 4.69) is 64.1 Å². The van der Waals surface area contributed by atoms with Crippen LogP contribution in [0.5, 0.6) is 0 Å². The Labute approximate surface area is 300 Å². The Bertz CT molecular complexity index is 2240. The van der Waals surface area contributed by atoms with Crippen LogP contribution in [0.3, 0.4) is 0 Å². The van der Waals surface area contributed by atoms with Crippen LogP contribution in [-0.4, -0.2) is 72.3 Å². The molecule has 0 bridgehead atoms. The standard InChI is InChI=1S/C39H39N9O4/c1-22-5-4-6-23(2)33(22)43-34-30-20-40-39(44-35(30)46(3)45-34)41-28-10-7-24(8-11-28)25-15-17-47(18-16-25)37(51)26-9-12-29-27(19-26)21-48(38(29)52)31-13-14-32(49)42-36(31)50/h4-12,19-20,25,31H,13-18,21H2,1-3H3,(H,43,45)(H,40,41,44)(H,42,49,50). The zero-order valence-electron chi connectivity index (χ0n) is 29.3. The van der Waals surface area contributed by atoms with Crippen LogP contribution in [-0.2, 0) is 23.2 Å². The fraction of sp³-hybridized carbons (Fsp3) is 0.308. The van der Waals surface area contributed by atoms with Crippen molar-refractivity contribution in [1.29, 1.82) is 0 Å². The van der Waals surface area contributed by atoms with Crippen molar-refractivity contribution < 1.29 is 19.2 Å². The fourth-order valence-electron chi connectivity index (χ4n) is 7.59. The van der Waals surface area contributed by atoms with Crippen molar-refractivity contribution in [2.24, 2.45) is 7.05 Å². The molecule has 0 saturated carbocycles. The van der Waals surface area contributed by atoms with Crippen LogP contribution >= 0.6 is 0 Å². The number of benzene rings is 3. The number of hydrogen-bond donors (Lipinski definition) is 3. The van der Waals surface area contributed by atoms with Gasteiger partial charge in [-0.15, -0.1) is 0 Å². The van der Waals surface area contributed by atoms with Crippen molar-refractivity contribution in [3.8, 4) is 0 Å². The van der Waals surface area contributed by atoms with E-state index in [4.69, 9.17) is 4.98 Å². The van der Waals surface area contributed by atoms with Crippen LogP contribution < -0.4 is 16.0 Å². The van der Waals surface area contributed by atoms with Gasteiger partial charge < -0.3 is 20.4 Å². The van der Waals surface area contributed by atoms with Gasteiger partial charge in [0.1, 0.15) is 6.04 Å². The van der Waals surface area contributed by atoms with Gasteiger partial charge in [-0.2, -0.15) is 10.1 Å². The molecule has 5 aromatic rings. The molecule has 8 rings (SSSR count). The predicted molar refractivity (Wildman–Crippen MR) is 196 cm³/mol. The molecular formula is C39H39N9O4. The molecule has 3 aliphatic rings. The molecule has 3 N–H and O–H groups in total. The SMILES string of the molecule is Cc1cccc(C)c1Nc1nn(C)c2nc(Nc3ccc(C4CCN(C(=O)c5ccc6c(c5)CN(C5CCC(=O)NC5=O)C6=O)CC4)cc3)ncc12. The number of piperidine rings is 2. The van der Waals surface area contributed by atoms with Gasteiger partial charge in [0.2, 0.25) is 17.8 Å². The maximum absolute atomic E-state index is 13.5. The molecule has 3 aromatic carbocycles. The summed E-state index contributed by atoms with van der Waals surface area (Å²) in [7, 11) is 1.87. The summed E-state index contributed by atoms with van der Waals surface area (Å²) in [6.45, 7) is 5.63. The number of nitrogens with one attached hydrogen (secondary N) is 3. The van der Waals surface area contributed by atoms with Crippen LogP contribution in [0.2, 0.25) is 0 Å². The van der Waals surface area contributed by atoms with Crippen molar-refractivity contribution in [2.45, 2.75) is 58.0 Å². The van der Waals surface area contributed by atoms with Crippen molar-refractivity contribution in [3.63, 3.8) is 0 Å². The number of rotatable bonds is 7. The minimum atomic E-state index is -0.685. The molecule has 0 spiro atoms. The van der Waals surface area contributed by atoms with Crippen LogP contribution in [0.25, 0.3) is 11.0 Å². The van der Waals surface area contributed by atoms with E-state index in [1.165, 1.54) is 10.5 Å². The first kappa shape index (κ1) is 33.1. The third-order valence-electron chi connectivity index (χ3n) is 10.5. The number of anilines is 4. The summed E-state index contributed by atoms with van der Waals surface area (Å²) in [5, 5.41) is 14.6. The highest BCUT2D eigenvalue weighted by Gasteiger charge is 2.39. The number of carbonyl (C=O) groups excluding carboxylic acids is 4. The largest absolute Gasteiger partial charge is 0.339 e. The minimum absolute atomic E-state index is 0.0636. The summed E-state index contributed by atoms with van der Waals surface area (Å²) >= 11 is 0. The molecule has 0 aliphatic carbocycles. The lowest BCUT2D eigenvalue weighted by atomic mass is 9.89. The molecule has 0 radical (unpaired) electrons. The number of imide groups is 1. The first-order chi connectivity index (χ1) is 25.1. The molecule has 264 valence electrons. The zero-order valence-corrected chi connectivity index (χ0v) is 29.3. The Morgan fingerprint density at radius 3 is 2.40 bits per heavy atom.